The highest BCUT2D eigenvalue weighted by molar-refractivity contribution is 7.86. The summed E-state index contributed by atoms with van der Waals surface area (Å²) in [5, 5.41) is 3.55. The fourth-order valence-electron chi connectivity index (χ4n) is 2.81. The summed E-state index contributed by atoms with van der Waals surface area (Å²) in [6.07, 6.45) is 6.18. The maximum absolute atomic E-state index is 12.7. The van der Waals surface area contributed by atoms with Crippen molar-refractivity contribution in [2.24, 2.45) is 5.92 Å². The monoisotopic (exact) mass is 315 g/mol. The molecule has 122 valence electrons. The van der Waals surface area contributed by atoms with Gasteiger partial charge in [0.25, 0.3) is 10.2 Å². The van der Waals surface area contributed by atoms with Crippen molar-refractivity contribution in [3.63, 3.8) is 0 Å². The molecule has 0 radical (unpaired) electrons. The molecule has 1 aliphatic heterocycles. The standard InChI is InChI=1S/C15H29N3O2S/c1-4-9-18(13(2)3)21(19,20)17-10-7-14(8-11-17)12-16-15-5-6-15/h4,13-16H,1,5-12H2,2-3H3. The summed E-state index contributed by atoms with van der Waals surface area (Å²) in [5.41, 5.74) is 0. The Labute approximate surface area is 129 Å². The molecule has 0 unspecified atom stereocenters. The fourth-order valence-corrected chi connectivity index (χ4v) is 4.61. The van der Waals surface area contributed by atoms with Crippen LogP contribution < -0.4 is 5.32 Å². The molecule has 1 aliphatic carbocycles. The second kappa shape index (κ2) is 7.22. The minimum absolute atomic E-state index is 0.0396. The van der Waals surface area contributed by atoms with Gasteiger partial charge in [-0.3, -0.25) is 0 Å². The van der Waals surface area contributed by atoms with Gasteiger partial charge in [-0.2, -0.15) is 17.0 Å². The molecule has 0 aromatic heterocycles. The summed E-state index contributed by atoms with van der Waals surface area (Å²) in [6.45, 7) is 10.2. The lowest BCUT2D eigenvalue weighted by Crippen LogP contribution is -2.50. The molecule has 2 rings (SSSR count). The second-order valence-electron chi connectivity index (χ2n) is 6.48. The van der Waals surface area contributed by atoms with Crippen molar-refractivity contribution >= 4 is 10.2 Å². The molecule has 1 heterocycles. The van der Waals surface area contributed by atoms with E-state index in [1.807, 2.05) is 13.8 Å². The molecule has 2 fully saturated rings. The Balaban J connectivity index is 1.87. The van der Waals surface area contributed by atoms with E-state index in [4.69, 9.17) is 0 Å². The van der Waals surface area contributed by atoms with Crippen molar-refractivity contribution < 1.29 is 8.42 Å². The zero-order valence-electron chi connectivity index (χ0n) is 13.3. The van der Waals surface area contributed by atoms with E-state index in [9.17, 15) is 8.42 Å². The fraction of sp³-hybridized carbons (Fsp3) is 0.867. The summed E-state index contributed by atoms with van der Waals surface area (Å²) < 4.78 is 28.6. The van der Waals surface area contributed by atoms with Gasteiger partial charge in [-0.1, -0.05) is 6.08 Å². The Morgan fingerprint density at radius 3 is 2.38 bits per heavy atom. The van der Waals surface area contributed by atoms with Gasteiger partial charge < -0.3 is 5.32 Å². The normalized spacial score (nSPS) is 22.1. The number of hydrogen-bond acceptors (Lipinski definition) is 3. The topological polar surface area (TPSA) is 52.7 Å². The molecule has 0 aromatic rings. The van der Waals surface area contributed by atoms with Gasteiger partial charge >= 0.3 is 0 Å². The first-order valence-corrected chi connectivity index (χ1v) is 9.46. The minimum Gasteiger partial charge on any atom is -0.314 e. The third-order valence-corrected chi connectivity index (χ3v) is 6.53. The molecular weight excluding hydrogens is 286 g/mol. The molecule has 0 atom stereocenters. The molecule has 5 nitrogen and oxygen atoms in total. The van der Waals surface area contributed by atoms with Crippen molar-refractivity contribution in [3.8, 4) is 0 Å². The van der Waals surface area contributed by atoms with Gasteiger partial charge in [-0.25, -0.2) is 0 Å². The Morgan fingerprint density at radius 2 is 1.90 bits per heavy atom. The van der Waals surface area contributed by atoms with Crippen LogP contribution in [0.25, 0.3) is 0 Å². The van der Waals surface area contributed by atoms with E-state index in [0.29, 0.717) is 25.6 Å². The molecule has 1 saturated carbocycles. The maximum Gasteiger partial charge on any atom is 0.282 e. The summed E-state index contributed by atoms with van der Waals surface area (Å²) in [6, 6.07) is 0.693. The Morgan fingerprint density at radius 1 is 1.29 bits per heavy atom. The van der Waals surface area contributed by atoms with Crippen LogP contribution in [0.15, 0.2) is 12.7 Å². The summed E-state index contributed by atoms with van der Waals surface area (Å²) >= 11 is 0. The van der Waals surface area contributed by atoms with Crippen molar-refractivity contribution in [2.45, 2.75) is 51.6 Å². The lowest BCUT2D eigenvalue weighted by molar-refractivity contribution is 0.244. The number of piperidine rings is 1. The highest BCUT2D eigenvalue weighted by Gasteiger charge is 2.34. The molecule has 0 amide bonds. The first-order valence-electron chi connectivity index (χ1n) is 8.06. The van der Waals surface area contributed by atoms with Gasteiger partial charge in [0.2, 0.25) is 0 Å². The van der Waals surface area contributed by atoms with Gasteiger partial charge in [-0.05, 0) is 52.0 Å². The van der Waals surface area contributed by atoms with Crippen LogP contribution in [-0.2, 0) is 10.2 Å². The largest absolute Gasteiger partial charge is 0.314 e. The lowest BCUT2D eigenvalue weighted by Gasteiger charge is -2.36. The first kappa shape index (κ1) is 16.9. The van der Waals surface area contributed by atoms with Gasteiger partial charge in [0.1, 0.15) is 0 Å². The van der Waals surface area contributed by atoms with Gasteiger partial charge in [-0.15, -0.1) is 6.58 Å². The lowest BCUT2D eigenvalue weighted by atomic mass is 9.98. The average Bonchev–Trinajstić information content (AvgIpc) is 3.26. The van der Waals surface area contributed by atoms with Crippen molar-refractivity contribution in [3.05, 3.63) is 12.7 Å². The van der Waals surface area contributed by atoms with E-state index in [-0.39, 0.29) is 6.04 Å². The highest BCUT2D eigenvalue weighted by atomic mass is 32.2. The van der Waals surface area contributed by atoms with Crippen molar-refractivity contribution in [1.82, 2.24) is 13.9 Å². The van der Waals surface area contributed by atoms with Crippen LogP contribution in [0.5, 0.6) is 0 Å². The summed E-state index contributed by atoms with van der Waals surface area (Å²) in [5.74, 6) is 0.615. The van der Waals surface area contributed by atoms with Crippen molar-refractivity contribution in [2.75, 3.05) is 26.2 Å². The number of nitrogens with one attached hydrogen (secondary N) is 1. The van der Waals surface area contributed by atoms with Crippen LogP contribution in [0.3, 0.4) is 0 Å². The maximum atomic E-state index is 12.7. The van der Waals surface area contributed by atoms with Crippen LogP contribution in [0, 0.1) is 5.92 Å². The Hall–Kier alpha value is -0.430. The number of nitrogens with zero attached hydrogens (tertiary/aromatic N) is 2. The predicted octanol–water partition coefficient (Wildman–Crippen LogP) is 1.59. The molecule has 6 heteroatoms. The number of hydrogen-bond donors (Lipinski definition) is 1. The highest BCUT2D eigenvalue weighted by Crippen LogP contribution is 2.24. The molecule has 21 heavy (non-hydrogen) atoms. The summed E-state index contributed by atoms with van der Waals surface area (Å²) in [7, 11) is -3.35. The van der Waals surface area contributed by atoms with Crippen LogP contribution >= 0.6 is 0 Å². The molecule has 0 bridgehead atoms. The van der Waals surface area contributed by atoms with E-state index in [1.54, 1.807) is 10.4 Å². The second-order valence-corrected chi connectivity index (χ2v) is 8.37. The zero-order valence-corrected chi connectivity index (χ0v) is 14.1. The molecule has 1 saturated heterocycles. The van der Waals surface area contributed by atoms with Crippen LogP contribution in [0.2, 0.25) is 0 Å². The minimum atomic E-state index is -3.35. The molecule has 0 aromatic carbocycles. The quantitative estimate of drug-likeness (QED) is 0.692. The van der Waals surface area contributed by atoms with E-state index in [1.165, 1.54) is 17.1 Å². The first-order chi connectivity index (χ1) is 9.95. The zero-order chi connectivity index (χ0) is 15.5. The smallest absolute Gasteiger partial charge is 0.282 e. The van der Waals surface area contributed by atoms with E-state index >= 15 is 0 Å². The summed E-state index contributed by atoms with van der Waals surface area (Å²) in [4.78, 5) is 0. The molecule has 0 spiro atoms. The van der Waals surface area contributed by atoms with Gasteiger partial charge in [0.05, 0.1) is 0 Å². The van der Waals surface area contributed by atoms with E-state index < -0.39 is 10.2 Å². The van der Waals surface area contributed by atoms with Crippen LogP contribution in [0.1, 0.15) is 39.5 Å². The number of rotatable bonds is 8. The third kappa shape index (κ3) is 4.52. The van der Waals surface area contributed by atoms with Gasteiger partial charge in [0.15, 0.2) is 0 Å². The third-order valence-electron chi connectivity index (χ3n) is 4.35. The average molecular weight is 315 g/mol. The molecular formula is C15H29N3O2S. The SMILES string of the molecule is C=CCN(C(C)C)S(=O)(=O)N1CCC(CNC2CC2)CC1. The van der Waals surface area contributed by atoms with Crippen molar-refractivity contribution in [1.29, 1.82) is 0 Å². The molecule has 1 N–H and O–H groups in total. The van der Waals surface area contributed by atoms with Crippen LogP contribution in [0.4, 0.5) is 0 Å². The Bertz CT molecular complexity index is 438. The van der Waals surface area contributed by atoms with Crippen LogP contribution in [-0.4, -0.2) is 55.3 Å². The van der Waals surface area contributed by atoms with E-state index in [2.05, 4.69) is 11.9 Å². The van der Waals surface area contributed by atoms with E-state index in [0.717, 1.165) is 25.4 Å². The molecule has 2 aliphatic rings. The predicted molar refractivity (Wildman–Crippen MR) is 86.3 cm³/mol. The van der Waals surface area contributed by atoms with Gasteiger partial charge in [0, 0.05) is 31.7 Å². The Kier molecular flexibility index (Phi) is 5.82.